The van der Waals surface area contributed by atoms with E-state index in [0.717, 1.165) is 30.2 Å². The third-order valence-electron chi connectivity index (χ3n) is 2.35. The number of aromatic nitrogens is 1. The summed E-state index contributed by atoms with van der Waals surface area (Å²) in [6, 6.07) is 0.427. The molecule has 1 aromatic heterocycles. The first-order valence-electron chi connectivity index (χ1n) is 5.59. The molecule has 0 aliphatic rings. The van der Waals surface area contributed by atoms with E-state index in [9.17, 15) is 0 Å². The van der Waals surface area contributed by atoms with Crippen molar-refractivity contribution in [1.29, 1.82) is 0 Å². The molecule has 0 aliphatic heterocycles. The molecule has 0 radical (unpaired) electrons. The second-order valence-corrected chi connectivity index (χ2v) is 5.00. The lowest BCUT2D eigenvalue weighted by atomic mass is 10.2. The van der Waals surface area contributed by atoms with Gasteiger partial charge in [-0.15, -0.1) is 11.3 Å². The van der Waals surface area contributed by atoms with Gasteiger partial charge in [-0.2, -0.15) is 0 Å². The van der Waals surface area contributed by atoms with Gasteiger partial charge in [-0.05, 0) is 19.8 Å². The van der Waals surface area contributed by atoms with E-state index < -0.39 is 0 Å². The molecular weight excluding hydrogens is 222 g/mol. The van der Waals surface area contributed by atoms with E-state index in [1.807, 2.05) is 19.0 Å². The molecule has 92 valence electrons. The van der Waals surface area contributed by atoms with E-state index in [4.69, 9.17) is 5.11 Å². The molecule has 5 heteroatoms. The first-order chi connectivity index (χ1) is 7.63. The second kappa shape index (κ2) is 6.83. The average Bonchev–Trinajstić information content (AvgIpc) is 2.72. The lowest BCUT2D eigenvalue weighted by molar-refractivity contribution is 0.276. The number of nitrogens with zero attached hydrogens (tertiary/aromatic N) is 2. The van der Waals surface area contributed by atoms with Gasteiger partial charge in [0.2, 0.25) is 0 Å². The Kier molecular flexibility index (Phi) is 5.73. The Morgan fingerprint density at radius 1 is 1.56 bits per heavy atom. The molecule has 0 saturated carbocycles. The minimum Gasteiger partial charge on any atom is -0.396 e. The second-order valence-electron chi connectivity index (χ2n) is 4.16. The highest BCUT2D eigenvalue weighted by Crippen LogP contribution is 2.17. The maximum absolute atomic E-state index is 8.72. The van der Waals surface area contributed by atoms with E-state index in [0.29, 0.717) is 6.04 Å². The molecule has 16 heavy (non-hydrogen) atoms. The molecular formula is C11H21N3OS. The van der Waals surface area contributed by atoms with Crippen molar-refractivity contribution in [3.05, 3.63) is 11.1 Å². The van der Waals surface area contributed by atoms with Crippen LogP contribution in [0.25, 0.3) is 0 Å². The monoisotopic (exact) mass is 243 g/mol. The summed E-state index contributed by atoms with van der Waals surface area (Å²) in [5.74, 6) is 0. The number of thiazole rings is 1. The molecule has 1 atom stereocenters. The molecule has 0 fully saturated rings. The number of rotatable bonds is 7. The van der Waals surface area contributed by atoms with Gasteiger partial charge in [0.15, 0.2) is 5.13 Å². The van der Waals surface area contributed by atoms with Crippen LogP contribution >= 0.6 is 11.3 Å². The highest BCUT2D eigenvalue weighted by molar-refractivity contribution is 7.13. The molecule has 2 N–H and O–H groups in total. The Morgan fingerprint density at radius 3 is 2.88 bits per heavy atom. The Bertz CT molecular complexity index is 301. The van der Waals surface area contributed by atoms with Crippen LogP contribution in [0.5, 0.6) is 0 Å². The summed E-state index contributed by atoms with van der Waals surface area (Å²) in [5.41, 5.74) is 1.09. The predicted octanol–water partition coefficient (Wildman–Crippen LogP) is 1.46. The molecule has 4 nitrogen and oxygen atoms in total. The van der Waals surface area contributed by atoms with Crippen LogP contribution < -0.4 is 10.2 Å². The van der Waals surface area contributed by atoms with Crippen molar-refractivity contribution < 1.29 is 5.11 Å². The zero-order valence-electron chi connectivity index (χ0n) is 10.2. The summed E-state index contributed by atoms with van der Waals surface area (Å²) < 4.78 is 0. The van der Waals surface area contributed by atoms with Gasteiger partial charge in [-0.25, -0.2) is 4.98 Å². The van der Waals surface area contributed by atoms with Crippen LogP contribution in [0.2, 0.25) is 0 Å². The first-order valence-corrected chi connectivity index (χ1v) is 6.47. The van der Waals surface area contributed by atoms with Crippen LogP contribution in [-0.2, 0) is 6.54 Å². The number of nitrogens with one attached hydrogen (secondary N) is 1. The van der Waals surface area contributed by atoms with E-state index in [1.165, 1.54) is 0 Å². The first kappa shape index (κ1) is 13.4. The number of aliphatic hydroxyl groups excluding tert-OH is 1. The molecule has 0 bridgehead atoms. The Labute approximate surface area is 101 Å². The topological polar surface area (TPSA) is 48.4 Å². The number of hydrogen-bond donors (Lipinski definition) is 2. The summed E-state index contributed by atoms with van der Waals surface area (Å²) in [6.07, 6.45) is 1.86. The molecule has 1 rings (SSSR count). The fourth-order valence-corrected chi connectivity index (χ4v) is 2.12. The Morgan fingerprint density at radius 2 is 2.31 bits per heavy atom. The molecule has 0 saturated heterocycles. The zero-order chi connectivity index (χ0) is 12.0. The van der Waals surface area contributed by atoms with Gasteiger partial charge < -0.3 is 15.3 Å². The summed E-state index contributed by atoms with van der Waals surface area (Å²) in [4.78, 5) is 6.51. The minimum absolute atomic E-state index is 0.271. The molecule has 1 heterocycles. The summed E-state index contributed by atoms with van der Waals surface area (Å²) in [5, 5.41) is 15.2. The maximum atomic E-state index is 8.72. The smallest absolute Gasteiger partial charge is 0.185 e. The van der Waals surface area contributed by atoms with Gasteiger partial charge in [0.25, 0.3) is 0 Å². The normalized spacial score (nSPS) is 12.8. The third-order valence-corrected chi connectivity index (χ3v) is 3.41. The Balaban J connectivity index is 2.31. The number of hydrogen-bond acceptors (Lipinski definition) is 5. The third kappa shape index (κ3) is 4.47. The van der Waals surface area contributed by atoms with Crippen LogP contribution in [0.3, 0.4) is 0 Å². The van der Waals surface area contributed by atoms with Gasteiger partial charge in [0, 0.05) is 38.7 Å². The lowest BCUT2D eigenvalue weighted by Crippen LogP contribution is -2.25. The van der Waals surface area contributed by atoms with Crippen molar-refractivity contribution in [3.63, 3.8) is 0 Å². The largest absolute Gasteiger partial charge is 0.396 e. The lowest BCUT2D eigenvalue weighted by Gasteiger charge is -2.11. The standard InChI is InChI=1S/C11H21N3OS/c1-9(5-4-6-15)12-7-10-8-16-11(13-10)14(2)3/h8-9,12,15H,4-7H2,1-3H3. The van der Waals surface area contributed by atoms with Crippen molar-refractivity contribution in [1.82, 2.24) is 10.3 Å². The maximum Gasteiger partial charge on any atom is 0.185 e. The van der Waals surface area contributed by atoms with Crippen LogP contribution in [0.1, 0.15) is 25.5 Å². The summed E-state index contributed by atoms with van der Waals surface area (Å²) >= 11 is 1.66. The highest BCUT2D eigenvalue weighted by Gasteiger charge is 2.05. The van der Waals surface area contributed by atoms with Crippen molar-refractivity contribution in [2.75, 3.05) is 25.6 Å². The summed E-state index contributed by atoms with van der Waals surface area (Å²) in [6.45, 7) is 3.21. The zero-order valence-corrected chi connectivity index (χ0v) is 11.0. The fraction of sp³-hybridized carbons (Fsp3) is 0.727. The van der Waals surface area contributed by atoms with E-state index in [-0.39, 0.29) is 6.61 Å². The molecule has 0 amide bonds. The minimum atomic E-state index is 0.271. The Hall–Kier alpha value is -0.650. The molecule has 0 aromatic carbocycles. The highest BCUT2D eigenvalue weighted by atomic mass is 32.1. The van der Waals surface area contributed by atoms with Gasteiger partial charge in [-0.3, -0.25) is 0 Å². The van der Waals surface area contributed by atoms with Crippen molar-refractivity contribution in [2.24, 2.45) is 0 Å². The van der Waals surface area contributed by atoms with Gasteiger partial charge in [0.05, 0.1) is 5.69 Å². The van der Waals surface area contributed by atoms with Crippen LogP contribution in [0.4, 0.5) is 5.13 Å². The quantitative estimate of drug-likeness (QED) is 0.761. The number of anilines is 1. The molecule has 0 spiro atoms. The van der Waals surface area contributed by atoms with Gasteiger partial charge in [0.1, 0.15) is 0 Å². The predicted molar refractivity (Wildman–Crippen MR) is 69.1 cm³/mol. The van der Waals surface area contributed by atoms with E-state index >= 15 is 0 Å². The molecule has 0 aliphatic carbocycles. The van der Waals surface area contributed by atoms with E-state index in [1.54, 1.807) is 11.3 Å². The fourth-order valence-electron chi connectivity index (χ4n) is 1.36. The van der Waals surface area contributed by atoms with Gasteiger partial charge >= 0.3 is 0 Å². The van der Waals surface area contributed by atoms with Crippen molar-refractivity contribution in [2.45, 2.75) is 32.4 Å². The van der Waals surface area contributed by atoms with E-state index in [2.05, 4.69) is 22.6 Å². The summed E-state index contributed by atoms with van der Waals surface area (Å²) in [7, 11) is 4.00. The molecule has 1 aromatic rings. The van der Waals surface area contributed by atoms with Crippen molar-refractivity contribution in [3.8, 4) is 0 Å². The number of aliphatic hydroxyl groups is 1. The SMILES string of the molecule is CC(CCCO)NCc1csc(N(C)C)n1. The van der Waals surface area contributed by atoms with Crippen LogP contribution in [0, 0.1) is 0 Å². The molecule has 1 unspecified atom stereocenters. The van der Waals surface area contributed by atoms with Crippen molar-refractivity contribution >= 4 is 16.5 Å². The van der Waals surface area contributed by atoms with Gasteiger partial charge in [-0.1, -0.05) is 0 Å². The van der Waals surface area contributed by atoms with Crippen LogP contribution in [0.15, 0.2) is 5.38 Å². The average molecular weight is 243 g/mol. The van der Waals surface area contributed by atoms with Crippen LogP contribution in [-0.4, -0.2) is 36.8 Å².